The summed E-state index contributed by atoms with van der Waals surface area (Å²) in [7, 11) is 0. The number of amides is 3. The zero-order chi connectivity index (χ0) is 17.8. The fourth-order valence-corrected chi connectivity index (χ4v) is 4.98. The average Bonchev–Trinajstić information content (AvgIpc) is 3.08. The van der Waals surface area contributed by atoms with Gasteiger partial charge in [0.15, 0.2) is 0 Å². The Balaban J connectivity index is 1.48. The third-order valence-corrected chi connectivity index (χ3v) is 6.22. The van der Waals surface area contributed by atoms with E-state index in [0.717, 1.165) is 24.3 Å². The lowest BCUT2D eigenvalue weighted by Gasteiger charge is -2.38. The normalized spacial score (nSPS) is 30.6. The molecule has 136 valence electrons. The molecule has 5 rings (SSSR count). The highest BCUT2D eigenvalue weighted by Crippen LogP contribution is 2.39. The van der Waals surface area contributed by atoms with Crippen LogP contribution in [0.4, 0.5) is 5.69 Å². The van der Waals surface area contributed by atoms with Crippen molar-refractivity contribution in [2.45, 2.75) is 50.4 Å². The number of fused-ring (bicyclic) bond motifs is 3. The molecule has 3 atom stereocenters. The van der Waals surface area contributed by atoms with E-state index in [1.165, 1.54) is 12.8 Å². The first-order valence-corrected chi connectivity index (χ1v) is 9.39. The van der Waals surface area contributed by atoms with Crippen LogP contribution in [0.15, 0.2) is 18.2 Å². The van der Waals surface area contributed by atoms with Crippen LogP contribution in [0.1, 0.15) is 41.6 Å². The smallest absolute Gasteiger partial charge is 0.255 e. The van der Waals surface area contributed by atoms with E-state index in [0.29, 0.717) is 30.6 Å². The Kier molecular flexibility index (Phi) is 3.53. The molecule has 2 N–H and O–H groups in total. The van der Waals surface area contributed by atoms with Gasteiger partial charge in [0.05, 0.1) is 0 Å². The molecule has 0 saturated carbocycles. The molecule has 3 saturated heterocycles. The van der Waals surface area contributed by atoms with Gasteiger partial charge in [-0.3, -0.25) is 19.7 Å². The van der Waals surface area contributed by atoms with Crippen molar-refractivity contribution in [3.05, 3.63) is 29.3 Å². The van der Waals surface area contributed by atoms with Gasteiger partial charge in [-0.15, -0.1) is 0 Å². The van der Waals surface area contributed by atoms with Crippen molar-refractivity contribution < 1.29 is 14.4 Å². The van der Waals surface area contributed by atoms with Crippen molar-refractivity contribution in [2.75, 3.05) is 18.0 Å². The Morgan fingerprint density at radius 3 is 2.50 bits per heavy atom. The second-order valence-corrected chi connectivity index (χ2v) is 7.65. The number of carbonyl (C=O) groups excluding carboxylic acids is 3. The van der Waals surface area contributed by atoms with Crippen molar-refractivity contribution >= 4 is 23.4 Å². The van der Waals surface area contributed by atoms with Crippen LogP contribution in [-0.2, 0) is 16.1 Å². The lowest BCUT2D eigenvalue weighted by Crippen LogP contribution is -2.53. The van der Waals surface area contributed by atoms with Crippen LogP contribution in [0, 0.1) is 0 Å². The van der Waals surface area contributed by atoms with Crippen LogP contribution in [0.2, 0.25) is 0 Å². The predicted molar refractivity (Wildman–Crippen MR) is 94.6 cm³/mol. The molecule has 3 amide bonds. The van der Waals surface area contributed by atoms with Crippen LogP contribution < -0.4 is 15.5 Å². The molecule has 0 aromatic heterocycles. The second-order valence-electron chi connectivity index (χ2n) is 7.65. The average molecular weight is 354 g/mol. The molecular weight excluding hydrogens is 332 g/mol. The maximum Gasteiger partial charge on any atom is 0.255 e. The summed E-state index contributed by atoms with van der Waals surface area (Å²) in [5.74, 6) is -0.710. The minimum Gasteiger partial charge on any atom is -0.363 e. The van der Waals surface area contributed by atoms with Gasteiger partial charge in [0, 0.05) is 55.0 Å². The molecule has 0 spiro atoms. The van der Waals surface area contributed by atoms with E-state index >= 15 is 0 Å². The molecule has 1 aromatic carbocycles. The highest BCUT2D eigenvalue weighted by Gasteiger charge is 2.43. The predicted octanol–water partition coefficient (Wildman–Crippen LogP) is 0.388. The van der Waals surface area contributed by atoms with Crippen LogP contribution in [0.5, 0.6) is 0 Å². The molecule has 1 unspecified atom stereocenters. The summed E-state index contributed by atoms with van der Waals surface area (Å²) in [6.45, 7) is 2.40. The van der Waals surface area contributed by atoms with E-state index in [2.05, 4.69) is 21.6 Å². The fraction of sp³-hybridized carbons (Fsp3) is 0.526. The molecule has 0 radical (unpaired) electrons. The van der Waals surface area contributed by atoms with Gasteiger partial charge in [0.2, 0.25) is 11.8 Å². The van der Waals surface area contributed by atoms with Gasteiger partial charge >= 0.3 is 0 Å². The highest BCUT2D eigenvalue weighted by molar-refractivity contribution is 6.06. The molecule has 0 aliphatic carbocycles. The zero-order valence-corrected chi connectivity index (χ0v) is 14.5. The Hall–Kier alpha value is -2.41. The number of imide groups is 1. The second kappa shape index (κ2) is 5.81. The lowest BCUT2D eigenvalue weighted by molar-refractivity contribution is -0.136. The van der Waals surface area contributed by atoms with Gasteiger partial charge in [-0.05, 0) is 31.4 Å². The maximum absolute atomic E-state index is 13.0. The van der Waals surface area contributed by atoms with E-state index in [1.807, 2.05) is 12.1 Å². The first-order valence-electron chi connectivity index (χ1n) is 9.39. The summed E-state index contributed by atoms with van der Waals surface area (Å²) < 4.78 is 0. The van der Waals surface area contributed by atoms with Gasteiger partial charge in [-0.25, -0.2) is 0 Å². The lowest BCUT2D eigenvalue weighted by atomic mass is 10.0. The number of benzene rings is 1. The summed E-state index contributed by atoms with van der Waals surface area (Å²) in [5.41, 5.74) is 2.87. The Morgan fingerprint density at radius 1 is 1.00 bits per heavy atom. The first-order chi connectivity index (χ1) is 12.6. The van der Waals surface area contributed by atoms with Crippen LogP contribution in [-0.4, -0.2) is 53.8 Å². The third-order valence-electron chi connectivity index (χ3n) is 6.22. The Morgan fingerprint density at radius 2 is 1.77 bits per heavy atom. The molecule has 7 heteroatoms. The summed E-state index contributed by atoms with van der Waals surface area (Å²) >= 11 is 0. The quantitative estimate of drug-likeness (QED) is 0.751. The number of carbonyl (C=O) groups is 3. The summed E-state index contributed by atoms with van der Waals surface area (Å²) in [4.78, 5) is 40.8. The Bertz CT molecular complexity index is 792. The fourth-order valence-electron chi connectivity index (χ4n) is 4.98. The van der Waals surface area contributed by atoms with E-state index in [1.54, 1.807) is 4.90 Å². The summed E-state index contributed by atoms with van der Waals surface area (Å²) in [6, 6.07) is 6.30. The van der Waals surface area contributed by atoms with E-state index in [4.69, 9.17) is 0 Å². The highest BCUT2D eigenvalue weighted by atomic mass is 16.2. The van der Waals surface area contributed by atoms with Crippen LogP contribution >= 0.6 is 0 Å². The summed E-state index contributed by atoms with van der Waals surface area (Å²) in [6.07, 6.45) is 3.03. The van der Waals surface area contributed by atoms with E-state index < -0.39 is 6.04 Å². The third kappa shape index (κ3) is 2.26. The minimum absolute atomic E-state index is 0.0983. The van der Waals surface area contributed by atoms with Gasteiger partial charge in [0.25, 0.3) is 5.91 Å². The number of piperazine rings is 1. The monoisotopic (exact) mass is 354 g/mol. The van der Waals surface area contributed by atoms with Crippen molar-refractivity contribution in [1.82, 2.24) is 15.5 Å². The molecule has 7 nitrogen and oxygen atoms in total. The van der Waals surface area contributed by atoms with Crippen molar-refractivity contribution in [1.29, 1.82) is 0 Å². The Labute approximate surface area is 151 Å². The molecule has 4 aliphatic heterocycles. The van der Waals surface area contributed by atoms with E-state index in [9.17, 15) is 14.4 Å². The van der Waals surface area contributed by atoms with Crippen molar-refractivity contribution in [2.24, 2.45) is 0 Å². The maximum atomic E-state index is 13.0. The topological polar surface area (TPSA) is 81.8 Å². The molecule has 26 heavy (non-hydrogen) atoms. The SMILES string of the molecule is O=C1CCC(N2Cc3c(cccc3N3[C@@H]4CC[C@H]3CNC4)C2=O)C(=O)N1. The minimum atomic E-state index is -0.555. The van der Waals surface area contributed by atoms with Gasteiger partial charge < -0.3 is 15.1 Å². The van der Waals surface area contributed by atoms with Crippen molar-refractivity contribution in [3.8, 4) is 0 Å². The molecular formula is C19H22N4O3. The number of nitrogens with one attached hydrogen (secondary N) is 2. The number of rotatable bonds is 2. The number of piperidine rings is 1. The molecule has 4 heterocycles. The summed E-state index contributed by atoms with van der Waals surface area (Å²) in [5, 5.41) is 5.85. The number of nitrogens with zero attached hydrogens (tertiary/aromatic N) is 2. The number of anilines is 1. The number of hydrogen-bond acceptors (Lipinski definition) is 5. The zero-order valence-electron chi connectivity index (χ0n) is 14.5. The standard InChI is InChI=1S/C19H22N4O3/c24-17-7-6-16(18(25)21-17)22-10-14-13(19(22)26)2-1-3-15(14)23-11-4-5-12(23)9-20-8-11/h1-3,11-12,16,20H,4-10H2,(H,21,24,25)/t11-,12+,16?. The number of hydrogen-bond donors (Lipinski definition) is 2. The van der Waals surface area contributed by atoms with E-state index in [-0.39, 0.29) is 24.1 Å². The largest absolute Gasteiger partial charge is 0.363 e. The van der Waals surface area contributed by atoms with Crippen LogP contribution in [0.25, 0.3) is 0 Å². The first kappa shape index (κ1) is 15.8. The molecule has 4 aliphatic rings. The molecule has 3 fully saturated rings. The van der Waals surface area contributed by atoms with Gasteiger partial charge in [-0.1, -0.05) is 6.07 Å². The van der Waals surface area contributed by atoms with Crippen LogP contribution in [0.3, 0.4) is 0 Å². The molecule has 1 aromatic rings. The van der Waals surface area contributed by atoms with Gasteiger partial charge in [0.1, 0.15) is 6.04 Å². The van der Waals surface area contributed by atoms with Gasteiger partial charge in [-0.2, -0.15) is 0 Å². The van der Waals surface area contributed by atoms with Crippen molar-refractivity contribution in [3.63, 3.8) is 0 Å². The molecule has 2 bridgehead atoms.